The maximum absolute atomic E-state index is 12.8. The van der Waals surface area contributed by atoms with Crippen molar-refractivity contribution in [2.24, 2.45) is 11.7 Å². The summed E-state index contributed by atoms with van der Waals surface area (Å²) in [6.07, 6.45) is 1.61. The summed E-state index contributed by atoms with van der Waals surface area (Å²) in [6.45, 7) is 3.77. The van der Waals surface area contributed by atoms with E-state index in [0.29, 0.717) is 19.6 Å². The van der Waals surface area contributed by atoms with E-state index in [0.717, 1.165) is 18.5 Å². The molecule has 0 bridgehead atoms. The summed E-state index contributed by atoms with van der Waals surface area (Å²) in [4.78, 5) is 30.1. The highest BCUT2D eigenvalue weighted by Crippen LogP contribution is 2.19. The minimum Gasteiger partial charge on any atom is -0.378 e. The molecule has 6 heteroatoms. The molecule has 0 unspecified atom stereocenters. The van der Waals surface area contributed by atoms with Gasteiger partial charge in [0.15, 0.2) is 0 Å². The molecule has 1 aliphatic heterocycles. The normalized spacial score (nSPS) is 18.9. The van der Waals surface area contributed by atoms with Gasteiger partial charge in [0.25, 0.3) is 0 Å². The third kappa shape index (κ3) is 4.95. The van der Waals surface area contributed by atoms with Gasteiger partial charge < -0.3 is 15.5 Å². The summed E-state index contributed by atoms with van der Waals surface area (Å²) in [5.41, 5.74) is 7.73. The lowest BCUT2D eigenvalue weighted by Gasteiger charge is -2.35. The fourth-order valence-corrected chi connectivity index (χ4v) is 3.22. The number of hydrogen-bond donors (Lipinski definition) is 1. The summed E-state index contributed by atoms with van der Waals surface area (Å²) in [5, 5.41) is 0. The topological polar surface area (TPSA) is 69.9 Å². The number of amides is 2. The van der Waals surface area contributed by atoms with Gasteiger partial charge in [-0.2, -0.15) is 0 Å². The first-order chi connectivity index (χ1) is 11.8. The Morgan fingerprint density at radius 1 is 1.32 bits per heavy atom. The van der Waals surface area contributed by atoms with E-state index in [1.807, 2.05) is 39.0 Å². The second kappa shape index (κ2) is 8.34. The van der Waals surface area contributed by atoms with Gasteiger partial charge >= 0.3 is 0 Å². The van der Waals surface area contributed by atoms with Crippen LogP contribution in [0.2, 0.25) is 0 Å². The summed E-state index contributed by atoms with van der Waals surface area (Å²) in [7, 11) is 5.99. The monoisotopic (exact) mass is 346 g/mol. The number of rotatable bonds is 6. The van der Waals surface area contributed by atoms with E-state index >= 15 is 0 Å². The molecule has 0 saturated carbocycles. The molecule has 0 spiro atoms. The second-order valence-electron chi connectivity index (χ2n) is 7.18. The predicted octanol–water partition coefficient (Wildman–Crippen LogP) is 1.30. The molecule has 1 aliphatic rings. The minimum atomic E-state index is -0.306. The van der Waals surface area contributed by atoms with Gasteiger partial charge in [-0.15, -0.1) is 0 Å². The van der Waals surface area contributed by atoms with Crippen LogP contribution in [-0.4, -0.2) is 61.9 Å². The molecule has 2 atom stereocenters. The Morgan fingerprint density at radius 3 is 2.68 bits per heavy atom. The molecule has 2 N–H and O–H groups in total. The van der Waals surface area contributed by atoms with E-state index in [1.54, 1.807) is 4.90 Å². The van der Waals surface area contributed by atoms with Gasteiger partial charge in [0.05, 0.1) is 12.0 Å². The molecule has 6 nitrogen and oxygen atoms in total. The lowest BCUT2D eigenvalue weighted by molar-refractivity contribution is -0.139. The number of carbonyl (C=O) groups excluding carboxylic acids is 2. The number of likely N-dealkylation sites (tertiary alicyclic amines) is 1. The molecular weight excluding hydrogens is 316 g/mol. The highest BCUT2D eigenvalue weighted by atomic mass is 16.2. The van der Waals surface area contributed by atoms with Crippen LogP contribution in [0.3, 0.4) is 0 Å². The summed E-state index contributed by atoms with van der Waals surface area (Å²) >= 11 is 0. The quantitative estimate of drug-likeness (QED) is 0.843. The van der Waals surface area contributed by atoms with Gasteiger partial charge in [0.1, 0.15) is 0 Å². The van der Waals surface area contributed by atoms with Gasteiger partial charge in [-0.05, 0) is 44.5 Å². The van der Waals surface area contributed by atoms with E-state index in [9.17, 15) is 9.59 Å². The number of nitrogens with two attached hydrogens (primary N) is 1. The zero-order valence-corrected chi connectivity index (χ0v) is 15.7. The van der Waals surface area contributed by atoms with Crippen molar-refractivity contribution in [1.29, 1.82) is 0 Å². The Balaban J connectivity index is 1.99. The molecule has 0 radical (unpaired) electrons. The van der Waals surface area contributed by atoms with Crippen molar-refractivity contribution in [3.8, 4) is 0 Å². The SMILES string of the molecule is C[C@@H](C(=O)N1CCC[C@@H](C(N)=O)C1)N(C)Cc1cccc(N(C)C)c1. The van der Waals surface area contributed by atoms with Crippen molar-refractivity contribution in [2.75, 3.05) is 39.1 Å². The highest BCUT2D eigenvalue weighted by molar-refractivity contribution is 5.83. The molecule has 1 heterocycles. The largest absolute Gasteiger partial charge is 0.378 e. The Bertz CT molecular complexity index is 617. The first kappa shape index (κ1) is 19.2. The zero-order valence-electron chi connectivity index (χ0n) is 15.7. The summed E-state index contributed by atoms with van der Waals surface area (Å²) < 4.78 is 0. The maximum Gasteiger partial charge on any atom is 0.239 e. The molecule has 0 aromatic heterocycles. The molecule has 1 fully saturated rings. The number of anilines is 1. The van der Waals surface area contributed by atoms with E-state index < -0.39 is 0 Å². The van der Waals surface area contributed by atoms with Crippen LogP contribution in [0.15, 0.2) is 24.3 Å². The van der Waals surface area contributed by atoms with Crippen LogP contribution in [-0.2, 0) is 16.1 Å². The van der Waals surface area contributed by atoms with E-state index in [2.05, 4.69) is 23.1 Å². The van der Waals surface area contributed by atoms with Crippen molar-refractivity contribution in [2.45, 2.75) is 32.4 Å². The van der Waals surface area contributed by atoms with Crippen LogP contribution >= 0.6 is 0 Å². The third-order valence-corrected chi connectivity index (χ3v) is 5.01. The van der Waals surface area contributed by atoms with Gasteiger partial charge in [0, 0.05) is 39.4 Å². The average molecular weight is 346 g/mol. The Hall–Kier alpha value is -2.08. The Labute approximate surface area is 150 Å². The molecule has 2 rings (SSSR count). The van der Waals surface area contributed by atoms with Gasteiger partial charge in [-0.3, -0.25) is 14.5 Å². The number of benzene rings is 1. The molecule has 1 aromatic rings. The third-order valence-electron chi connectivity index (χ3n) is 5.01. The molecule has 1 aromatic carbocycles. The number of hydrogen-bond acceptors (Lipinski definition) is 4. The molecule has 138 valence electrons. The van der Waals surface area contributed by atoms with Gasteiger partial charge in [-0.25, -0.2) is 0 Å². The smallest absolute Gasteiger partial charge is 0.239 e. The first-order valence-corrected chi connectivity index (χ1v) is 8.84. The van der Waals surface area contributed by atoms with E-state index in [-0.39, 0.29) is 23.8 Å². The molecule has 0 aliphatic carbocycles. The minimum absolute atomic E-state index is 0.0669. The number of piperidine rings is 1. The standard InChI is InChI=1S/C19H30N4O2/c1-14(19(25)23-10-6-8-16(13-23)18(20)24)22(4)12-15-7-5-9-17(11-15)21(2)3/h5,7,9,11,14,16H,6,8,10,12-13H2,1-4H3,(H2,20,24)/t14-,16+/m0/s1. The second-order valence-corrected chi connectivity index (χ2v) is 7.18. The van der Waals surface area contributed by atoms with Crippen LogP contribution < -0.4 is 10.6 Å². The number of nitrogens with zero attached hydrogens (tertiary/aromatic N) is 3. The van der Waals surface area contributed by atoms with Crippen molar-refractivity contribution < 1.29 is 9.59 Å². The number of carbonyl (C=O) groups is 2. The first-order valence-electron chi connectivity index (χ1n) is 8.84. The maximum atomic E-state index is 12.8. The fraction of sp³-hybridized carbons (Fsp3) is 0.579. The molecular formula is C19H30N4O2. The average Bonchev–Trinajstić information content (AvgIpc) is 2.60. The van der Waals surface area contributed by atoms with Gasteiger partial charge in [0.2, 0.25) is 11.8 Å². The number of likely N-dealkylation sites (N-methyl/N-ethyl adjacent to an activating group) is 1. The van der Waals surface area contributed by atoms with Crippen molar-refractivity contribution in [3.05, 3.63) is 29.8 Å². The number of primary amides is 1. The molecule has 2 amide bonds. The van der Waals surface area contributed by atoms with Crippen molar-refractivity contribution in [1.82, 2.24) is 9.80 Å². The fourth-order valence-electron chi connectivity index (χ4n) is 3.22. The molecule has 1 saturated heterocycles. The lowest BCUT2D eigenvalue weighted by Crippen LogP contribution is -2.50. The summed E-state index contributed by atoms with van der Waals surface area (Å²) in [6, 6.07) is 8.07. The zero-order chi connectivity index (χ0) is 18.6. The van der Waals surface area contributed by atoms with Crippen LogP contribution in [0, 0.1) is 5.92 Å². The van der Waals surface area contributed by atoms with Crippen LogP contribution in [0.5, 0.6) is 0 Å². The predicted molar refractivity (Wildman–Crippen MR) is 100 cm³/mol. The van der Waals surface area contributed by atoms with Crippen molar-refractivity contribution in [3.63, 3.8) is 0 Å². The van der Waals surface area contributed by atoms with Crippen molar-refractivity contribution >= 4 is 17.5 Å². The van der Waals surface area contributed by atoms with Crippen LogP contribution in [0.1, 0.15) is 25.3 Å². The molecule has 25 heavy (non-hydrogen) atoms. The van der Waals surface area contributed by atoms with E-state index in [4.69, 9.17) is 5.73 Å². The summed E-state index contributed by atoms with van der Waals surface area (Å²) in [5.74, 6) is -0.455. The van der Waals surface area contributed by atoms with Gasteiger partial charge in [-0.1, -0.05) is 12.1 Å². The highest BCUT2D eigenvalue weighted by Gasteiger charge is 2.30. The van der Waals surface area contributed by atoms with Crippen LogP contribution in [0.4, 0.5) is 5.69 Å². The van der Waals surface area contributed by atoms with E-state index in [1.165, 1.54) is 5.56 Å². The lowest BCUT2D eigenvalue weighted by atomic mass is 9.97. The Morgan fingerprint density at radius 2 is 2.04 bits per heavy atom. The van der Waals surface area contributed by atoms with Crippen LogP contribution in [0.25, 0.3) is 0 Å². The Kier molecular flexibility index (Phi) is 6.42.